The molecule has 0 aliphatic carbocycles. The molecule has 1 atom stereocenters. The molecule has 0 heterocycles. The lowest BCUT2D eigenvalue weighted by Gasteiger charge is -2.13. The maximum atomic E-state index is 9.60. The summed E-state index contributed by atoms with van der Waals surface area (Å²) in [5.74, 6) is 6.46. The summed E-state index contributed by atoms with van der Waals surface area (Å²) in [6.45, 7) is 4.07. The highest BCUT2D eigenvalue weighted by Gasteiger charge is 2.09. The van der Waals surface area contributed by atoms with Crippen LogP contribution in [-0.2, 0) is 0 Å². The van der Waals surface area contributed by atoms with E-state index < -0.39 is 6.10 Å². The minimum Gasteiger partial charge on any atom is -0.492 e. The van der Waals surface area contributed by atoms with Crippen molar-refractivity contribution in [3.8, 4) is 17.6 Å². The number of hydrogen-bond donors (Lipinski definition) is 1. The van der Waals surface area contributed by atoms with E-state index in [9.17, 15) is 5.11 Å². The highest BCUT2D eigenvalue weighted by Crippen LogP contribution is 2.28. The van der Waals surface area contributed by atoms with Crippen LogP contribution < -0.4 is 4.74 Å². The van der Waals surface area contributed by atoms with Crippen LogP contribution in [0, 0.1) is 11.8 Å². The van der Waals surface area contributed by atoms with Crippen molar-refractivity contribution < 1.29 is 9.84 Å². The van der Waals surface area contributed by atoms with Crippen LogP contribution in [0.25, 0.3) is 0 Å². The fraction of sp³-hybridized carbons (Fsp3) is 0.385. The summed E-state index contributed by atoms with van der Waals surface area (Å²) in [5.41, 5.74) is 0.791. The van der Waals surface area contributed by atoms with E-state index in [1.54, 1.807) is 13.8 Å². The quantitative estimate of drug-likeness (QED) is 0.678. The van der Waals surface area contributed by atoms with Crippen LogP contribution in [0.15, 0.2) is 22.7 Å². The Morgan fingerprint density at radius 1 is 1.50 bits per heavy atom. The molecule has 0 radical (unpaired) electrons. The van der Waals surface area contributed by atoms with Crippen molar-refractivity contribution in [1.29, 1.82) is 0 Å². The van der Waals surface area contributed by atoms with Gasteiger partial charge in [0.2, 0.25) is 0 Å². The third-order valence-electron chi connectivity index (χ3n) is 2.08. The number of benzene rings is 1. The highest BCUT2D eigenvalue weighted by atomic mass is 79.9. The van der Waals surface area contributed by atoms with Crippen molar-refractivity contribution in [3.63, 3.8) is 0 Å². The summed E-state index contributed by atoms with van der Waals surface area (Å²) in [7, 11) is 0. The van der Waals surface area contributed by atoms with E-state index in [4.69, 9.17) is 4.74 Å². The molecule has 0 bridgehead atoms. The third-order valence-corrected chi connectivity index (χ3v) is 2.58. The zero-order valence-electron chi connectivity index (χ0n) is 9.46. The van der Waals surface area contributed by atoms with Gasteiger partial charge in [-0.3, -0.25) is 0 Å². The van der Waals surface area contributed by atoms with Crippen molar-refractivity contribution in [2.75, 3.05) is 6.61 Å². The topological polar surface area (TPSA) is 29.5 Å². The summed E-state index contributed by atoms with van der Waals surface area (Å²) in [5, 5.41) is 9.60. The number of ether oxygens (including phenoxy) is 1. The molecule has 86 valence electrons. The first-order valence-electron chi connectivity index (χ1n) is 5.15. The second kappa shape index (κ2) is 6.57. The van der Waals surface area contributed by atoms with Crippen LogP contribution in [0.3, 0.4) is 0 Å². The summed E-state index contributed by atoms with van der Waals surface area (Å²) in [4.78, 5) is 0. The van der Waals surface area contributed by atoms with E-state index in [-0.39, 0.29) is 0 Å². The molecule has 0 unspecified atom stereocenters. The zero-order chi connectivity index (χ0) is 12.0. The van der Waals surface area contributed by atoms with Gasteiger partial charge in [-0.1, -0.05) is 15.9 Å². The number of rotatable bonds is 4. The van der Waals surface area contributed by atoms with Gasteiger partial charge in [0.25, 0.3) is 0 Å². The number of hydrogen-bond acceptors (Lipinski definition) is 2. The lowest BCUT2D eigenvalue weighted by Crippen LogP contribution is -2.01. The molecule has 1 rings (SSSR count). The van der Waals surface area contributed by atoms with E-state index >= 15 is 0 Å². The Labute approximate surface area is 105 Å². The van der Waals surface area contributed by atoms with Gasteiger partial charge in [-0.25, -0.2) is 0 Å². The Kier molecular flexibility index (Phi) is 5.37. The van der Waals surface area contributed by atoms with Gasteiger partial charge in [0.15, 0.2) is 0 Å². The molecule has 0 saturated carbocycles. The normalized spacial score (nSPS) is 11.5. The van der Waals surface area contributed by atoms with E-state index in [1.807, 2.05) is 18.2 Å². The second-order valence-corrected chi connectivity index (χ2v) is 4.30. The minimum atomic E-state index is -0.537. The van der Waals surface area contributed by atoms with Gasteiger partial charge in [0.1, 0.15) is 5.75 Å². The fourth-order valence-corrected chi connectivity index (χ4v) is 1.69. The molecule has 2 nitrogen and oxygen atoms in total. The van der Waals surface area contributed by atoms with Gasteiger partial charge >= 0.3 is 0 Å². The molecule has 1 aromatic carbocycles. The van der Waals surface area contributed by atoms with Crippen LogP contribution >= 0.6 is 15.9 Å². The first-order chi connectivity index (χ1) is 7.65. The number of aliphatic hydroxyl groups excluding tert-OH is 1. The second-order valence-electron chi connectivity index (χ2n) is 3.38. The monoisotopic (exact) mass is 282 g/mol. The van der Waals surface area contributed by atoms with Crippen molar-refractivity contribution in [3.05, 3.63) is 28.2 Å². The fourth-order valence-electron chi connectivity index (χ4n) is 1.31. The first-order valence-corrected chi connectivity index (χ1v) is 5.94. The Hall–Kier alpha value is -0.980. The molecule has 0 aromatic heterocycles. The zero-order valence-corrected chi connectivity index (χ0v) is 11.0. The average molecular weight is 283 g/mol. The average Bonchev–Trinajstić information content (AvgIpc) is 2.26. The molecule has 0 amide bonds. The van der Waals surface area contributed by atoms with E-state index in [1.165, 1.54) is 0 Å². The standard InChI is InChI=1S/C13H15BrO2/c1-3-4-5-8-16-13-7-6-11(14)9-12(13)10(2)15/h6-7,9-10,15H,5,8H2,1-2H3/t10-/m1/s1. The molecule has 0 aliphatic rings. The van der Waals surface area contributed by atoms with Crippen LogP contribution in [0.2, 0.25) is 0 Å². The maximum Gasteiger partial charge on any atom is 0.125 e. The van der Waals surface area contributed by atoms with E-state index in [2.05, 4.69) is 27.8 Å². The molecule has 16 heavy (non-hydrogen) atoms. The smallest absolute Gasteiger partial charge is 0.125 e. The van der Waals surface area contributed by atoms with Crippen LogP contribution in [-0.4, -0.2) is 11.7 Å². The molecular formula is C13H15BrO2. The minimum absolute atomic E-state index is 0.537. The van der Waals surface area contributed by atoms with Crippen molar-refractivity contribution in [2.45, 2.75) is 26.4 Å². The maximum absolute atomic E-state index is 9.60. The summed E-state index contributed by atoms with van der Waals surface area (Å²) < 4.78 is 6.51. The molecule has 0 aliphatic heterocycles. The molecule has 1 N–H and O–H groups in total. The summed E-state index contributed by atoms with van der Waals surface area (Å²) >= 11 is 3.37. The Balaban J connectivity index is 2.73. The lowest BCUT2D eigenvalue weighted by molar-refractivity contribution is 0.191. The first kappa shape index (κ1) is 13.1. The van der Waals surface area contributed by atoms with E-state index in [0.717, 1.165) is 15.8 Å². The lowest BCUT2D eigenvalue weighted by atomic mass is 10.1. The van der Waals surface area contributed by atoms with Crippen molar-refractivity contribution in [2.24, 2.45) is 0 Å². The van der Waals surface area contributed by atoms with Crippen LogP contribution in [0.4, 0.5) is 0 Å². The molecular weight excluding hydrogens is 268 g/mol. The predicted molar refractivity (Wildman–Crippen MR) is 68.3 cm³/mol. The Bertz CT molecular complexity index is 402. The molecule has 0 saturated heterocycles. The Morgan fingerprint density at radius 2 is 2.25 bits per heavy atom. The summed E-state index contributed by atoms with van der Waals surface area (Å²) in [6, 6.07) is 5.61. The van der Waals surface area contributed by atoms with Gasteiger partial charge in [0, 0.05) is 16.5 Å². The predicted octanol–water partition coefficient (Wildman–Crippen LogP) is 3.29. The van der Waals surface area contributed by atoms with Crippen molar-refractivity contribution in [1.82, 2.24) is 0 Å². The van der Waals surface area contributed by atoms with E-state index in [0.29, 0.717) is 13.0 Å². The van der Waals surface area contributed by atoms with Gasteiger partial charge < -0.3 is 9.84 Å². The van der Waals surface area contributed by atoms with Crippen LogP contribution in [0.5, 0.6) is 5.75 Å². The van der Waals surface area contributed by atoms with Gasteiger partial charge in [-0.15, -0.1) is 11.8 Å². The Morgan fingerprint density at radius 3 is 2.88 bits per heavy atom. The van der Waals surface area contributed by atoms with Crippen molar-refractivity contribution >= 4 is 15.9 Å². The highest BCUT2D eigenvalue weighted by molar-refractivity contribution is 9.10. The number of halogens is 1. The largest absolute Gasteiger partial charge is 0.492 e. The van der Waals surface area contributed by atoms with Gasteiger partial charge in [-0.05, 0) is 32.0 Å². The molecule has 0 spiro atoms. The van der Waals surface area contributed by atoms with Gasteiger partial charge in [-0.2, -0.15) is 0 Å². The molecule has 3 heteroatoms. The summed E-state index contributed by atoms with van der Waals surface area (Å²) in [6.07, 6.45) is 0.163. The van der Waals surface area contributed by atoms with Gasteiger partial charge in [0.05, 0.1) is 12.7 Å². The molecule has 1 aromatic rings. The third kappa shape index (κ3) is 3.88. The molecule has 0 fully saturated rings. The van der Waals surface area contributed by atoms with Crippen LogP contribution in [0.1, 0.15) is 31.9 Å². The SMILES string of the molecule is CC#CCCOc1ccc(Br)cc1[C@@H](C)O. The number of aliphatic hydroxyl groups is 1.